The minimum absolute atomic E-state index is 0.0294. The highest BCUT2D eigenvalue weighted by Crippen LogP contribution is 2.40. The molecule has 7 heteroatoms. The smallest absolute Gasteiger partial charge is 0.275 e. The Morgan fingerprint density at radius 3 is 3.35 bits per heavy atom. The second-order valence-corrected chi connectivity index (χ2v) is 6.17. The Bertz CT molecular complexity index is 463. The number of likely N-dealkylation sites (tertiary alicyclic amines) is 1. The summed E-state index contributed by atoms with van der Waals surface area (Å²) in [6.07, 6.45) is 3.14. The maximum Gasteiger partial charge on any atom is 0.275 e. The summed E-state index contributed by atoms with van der Waals surface area (Å²) in [6, 6.07) is 0. The van der Waals surface area contributed by atoms with Crippen molar-refractivity contribution in [2.45, 2.75) is 25.4 Å². The van der Waals surface area contributed by atoms with Crippen LogP contribution in [0.3, 0.4) is 0 Å². The van der Waals surface area contributed by atoms with Crippen LogP contribution in [0.2, 0.25) is 0 Å². The van der Waals surface area contributed by atoms with E-state index < -0.39 is 0 Å². The molecule has 110 valence electrons. The van der Waals surface area contributed by atoms with Crippen molar-refractivity contribution < 1.29 is 14.3 Å². The molecule has 3 rings (SSSR count). The highest BCUT2D eigenvalue weighted by molar-refractivity contribution is 7.03. The number of hydrogen-bond donors (Lipinski definition) is 0. The topological polar surface area (TPSA) is 64.6 Å². The van der Waals surface area contributed by atoms with Crippen LogP contribution < -0.4 is 0 Å². The molecule has 2 aliphatic heterocycles. The number of amides is 1. The predicted molar refractivity (Wildman–Crippen MR) is 73.7 cm³/mol. The van der Waals surface area contributed by atoms with Crippen LogP contribution in [0.1, 0.15) is 29.8 Å². The molecule has 2 atom stereocenters. The summed E-state index contributed by atoms with van der Waals surface area (Å²) >= 11 is 1.21. The molecule has 0 spiro atoms. The molecule has 0 aromatic carbocycles. The van der Waals surface area contributed by atoms with Gasteiger partial charge in [0.15, 0.2) is 5.69 Å². The van der Waals surface area contributed by atoms with E-state index in [1.807, 2.05) is 4.90 Å². The van der Waals surface area contributed by atoms with Crippen LogP contribution in [0.25, 0.3) is 0 Å². The number of hydrogen-bond acceptors (Lipinski definition) is 6. The van der Waals surface area contributed by atoms with Crippen molar-refractivity contribution >= 4 is 17.4 Å². The summed E-state index contributed by atoms with van der Waals surface area (Å²) in [5.74, 6) is -0.0294. The van der Waals surface area contributed by atoms with Crippen LogP contribution in [0.4, 0.5) is 0 Å². The Morgan fingerprint density at radius 2 is 2.60 bits per heavy atom. The Morgan fingerprint density at radius 1 is 1.70 bits per heavy atom. The molecule has 1 aromatic rings. The first-order valence-electron chi connectivity index (χ1n) is 6.92. The first-order chi connectivity index (χ1) is 9.75. The molecule has 3 heterocycles. The van der Waals surface area contributed by atoms with Crippen molar-refractivity contribution in [1.29, 1.82) is 0 Å². The van der Waals surface area contributed by atoms with Gasteiger partial charge in [-0.1, -0.05) is 4.49 Å². The van der Waals surface area contributed by atoms with Gasteiger partial charge in [-0.2, -0.15) is 0 Å². The molecule has 0 N–H and O–H groups in total. The van der Waals surface area contributed by atoms with Crippen molar-refractivity contribution in [3.63, 3.8) is 0 Å². The molecule has 6 nitrogen and oxygen atoms in total. The fourth-order valence-electron chi connectivity index (χ4n) is 3.38. The van der Waals surface area contributed by atoms with Gasteiger partial charge in [-0.25, -0.2) is 0 Å². The number of carbonyl (C=O) groups excluding carboxylic acids is 1. The Balaban J connectivity index is 1.77. The van der Waals surface area contributed by atoms with Crippen LogP contribution in [0, 0.1) is 5.41 Å². The summed E-state index contributed by atoms with van der Waals surface area (Å²) in [5.41, 5.74) is 0.377. The number of methoxy groups -OCH3 is 1. The van der Waals surface area contributed by atoms with Gasteiger partial charge in [0.05, 0.1) is 12.7 Å². The number of rotatable bonds is 3. The lowest BCUT2D eigenvalue weighted by atomic mass is 9.73. The second kappa shape index (κ2) is 5.75. The van der Waals surface area contributed by atoms with Gasteiger partial charge in [0, 0.05) is 37.6 Å². The highest BCUT2D eigenvalue weighted by atomic mass is 32.1. The van der Waals surface area contributed by atoms with E-state index in [9.17, 15) is 4.79 Å². The summed E-state index contributed by atoms with van der Waals surface area (Å²) in [7, 11) is 1.71. The van der Waals surface area contributed by atoms with E-state index in [-0.39, 0.29) is 17.4 Å². The van der Waals surface area contributed by atoms with Crippen molar-refractivity contribution in [3.05, 3.63) is 11.1 Å². The van der Waals surface area contributed by atoms with Crippen molar-refractivity contribution in [2.75, 3.05) is 33.4 Å². The molecular formula is C13H19N3O3S. The largest absolute Gasteiger partial charge is 0.384 e. The first-order valence-corrected chi connectivity index (χ1v) is 7.76. The van der Waals surface area contributed by atoms with Crippen LogP contribution >= 0.6 is 11.5 Å². The van der Waals surface area contributed by atoms with Gasteiger partial charge in [0.2, 0.25) is 0 Å². The predicted octanol–water partition coefficient (Wildman–Crippen LogP) is 1.20. The monoisotopic (exact) mass is 297 g/mol. The van der Waals surface area contributed by atoms with Crippen molar-refractivity contribution in [3.8, 4) is 0 Å². The van der Waals surface area contributed by atoms with E-state index in [0.717, 1.165) is 25.9 Å². The van der Waals surface area contributed by atoms with E-state index in [0.29, 0.717) is 25.4 Å². The van der Waals surface area contributed by atoms with E-state index in [1.165, 1.54) is 11.5 Å². The quantitative estimate of drug-likeness (QED) is 0.838. The number of carbonyl (C=O) groups is 1. The molecular weight excluding hydrogens is 278 g/mol. The zero-order chi connectivity index (χ0) is 14.0. The van der Waals surface area contributed by atoms with Crippen LogP contribution in [-0.2, 0) is 9.47 Å². The van der Waals surface area contributed by atoms with E-state index in [4.69, 9.17) is 9.47 Å². The van der Waals surface area contributed by atoms with E-state index in [2.05, 4.69) is 9.59 Å². The zero-order valence-corrected chi connectivity index (χ0v) is 12.4. The molecule has 2 saturated heterocycles. The third-order valence-electron chi connectivity index (χ3n) is 4.29. The molecule has 1 aromatic heterocycles. The molecule has 2 aliphatic rings. The van der Waals surface area contributed by atoms with Crippen LogP contribution in [-0.4, -0.2) is 59.9 Å². The van der Waals surface area contributed by atoms with Crippen molar-refractivity contribution in [2.24, 2.45) is 5.41 Å². The van der Waals surface area contributed by atoms with Gasteiger partial charge in [-0.15, -0.1) is 5.10 Å². The third kappa shape index (κ3) is 2.45. The Kier molecular flexibility index (Phi) is 4.00. The fourth-order valence-corrected chi connectivity index (χ4v) is 3.81. The summed E-state index contributed by atoms with van der Waals surface area (Å²) < 4.78 is 15.1. The Hall–Kier alpha value is -1.05. The van der Waals surface area contributed by atoms with Gasteiger partial charge in [-0.3, -0.25) is 4.79 Å². The van der Waals surface area contributed by atoms with Crippen molar-refractivity contribution in [1.82, 2.24) is 14.5 Å². The number of aromatic nitrogens is 2. The summed E-state index contributed by atoms with van der Waals surface area (Å²) in [5, 5.41) is 5.58. The second-order valence-electron chi connectivity index (χ2n) is 5.56. The molecule has 20 heavy (non-hydrogen) atoms. The first kappa shape index (κ1) is 13.9. The van der Waals surface area contributed by atoms with E-state index >= 15 is 0 Å². The summed E-state index contributed by atoms with van der Waals surface area (Å²) in [6.45, 7) is 2.85. The molecule has 2 unspecified atom stereocenters. The normalized spacial score (nSPS) is 30.1. The maximum atomic E-state index is 12.4. The van der Waals surface area contributed by atoms with Crippen LogP contribution in [0.15, 0.2) is 5.38 Å². The number of fused-ring (bicyclic) bond motifs is 1. The van der Waals surface area contributed by atoms with Crippen LogP contribution in [0.5, 0.6) is 0 Å². The Labute approximate surface area is 122 Å². The fraction of sp³-hybridized carbons (Fsp3) is 0.769. The lowest BCUT2D eigenvalue weighted by Crippen LogP contribution is -2.58. The zero-order valence-electron chi connectivity index (χ0n) is 11.6. The number of piperidine rings is 1. The molecule has 0 radical (unpaired) electrons. The highest BCUT2D eigenvalue weighted by Gasteiger charge is 2.47. The van der Waals surface area contributed by atoms with Gasteiger partial charge in [-0.05, 0) is 30.8 Å². The third-order valence-corrected chi connectivity index (χ3v) is 4.79. The van der Waals surface area contributed by atoms with E-state index in [1.54, 1.807) is 12.5 Å². The number of nitrogens with zero attached hydrogens (tertiary/aromatic N) is 3. The van der Waals surface area contributed by atoms with Gasteiger partial charge < -0.3 is 14.4 Å². The average molecular weight is 297 g/mol. The molecule has 0 saturated carbocycles. The average Bonchev–Trinajstić information content (AvgIpc) is 3.00. The lowest BCUT2D eigenvalue weighted by molar-refractivity contribution is -0.142. The molecule has 0 bridgehead atoms. The lowest BCUT2D eigenvalue weighted by Gasteiger charge is -2.50. The molecule has 1 amide bonds. The minimum atomic E-state index is -0.0651. The maximum absolute atomic E-state index is 12.4. The summed E-state index contributed by atoms with van der Waals surface area (Å²) in [4.78, 5) is 14.3. The molecule has 2 fully saturated rings. The SMILES string of the molecule is COCC12CCCOC1CCN(C(=O)c1csnn1)C2. The van der Waals surface area contributed by atoms with Gasteiger partial charge in [0.25, 0.3) is 5.91 Å². The number of ether oxygens (including phenoxy) is 2. The standard InChI is InChI=1S/C13H19N3O3S/c1-18-9-13-4-2-6-19-11(13)3-5-16(8-13)12(17)10-7-20-15-14-10/h7,11H,2-6,8-9H2,1H3. The van der Waals surface area contributed by atoms with Gasteiger partial charge in [0.1, 0.15) is 0 Å². The minimum Gasteiger partial charge on any atom is -0.384 e. The van der Waals surface area contributed by atoms with Gasteiger partial charge >= 0.3 is 0 Å². The molecule has 0 aliphatic carbocycles.